The summed E-state index contributed by atoms with van der Waals surface area (Å²) in [6.45, 7) is 0. The van der Waals surface area contributed by atoms with Crippen LogP contribution in [0.2, 0.25) is 0 Å². The molecule has 2 saturated carbocycles. The average Bonchev–Trinajstić information content (AvgIpc) is 3.95. The highest BCUT2D eigenvalue weighted by atomic mass is 32.2. The lowest BCUT2D eigenvalue weighted by Gasteiger charge is -2.38. The zero-order chi connectivity index (χ0) is 31.7. The third-order valence-corrected chi connectivity index (χ3v) is 11.4. The summed E-state index contributed by atoms with van der Waals surface area (Å²) in [4.78, 5) is 23.9. The Morgan fingerprint density at radius 2 is 1.21 bits per heavy atom. The van der Waals surface area contributed by atoms with Gasteiger partial charge >= 0.3 is 0 Å². The number of thiocyanates is 1. The number of aromatic nitrogens is 10. The normalized spacial score (nSPS) is 22.9. The minimum atomic E-state index is -0.143. The SMILES string of the molecule is N#CSC(C(C#N)[C@H]1CC[C@@H](n2cc(-c3ncnc4[nH]ccc34)cn2)CC1)[C@H]1CC[C@@H](n2cc(-c3ncnc4[nH]ccc34)cn2)CC1. The molecular formula is C34H34N12S. The Labute approximate surface area is 275 Å². The van der Waals surface area contributed by atoms with Gasteiger partial charge in [-0.2, -0.15) is 20.7 Å². The number of aromatic amines is 2. The molecule has 2 atom stereocenters. The molecule has 236 valence electrons. The van der Waals surface area contributed by atoms with Crippen molar-refractivity contribution in [3.8, 4) is 34.0 Å². The largest absolute Gasteiger partial charge is 0.346 e. The summed E-state index contributed by atoms with van der Waals surface area (Å²) in [6.07, 6.45) is 22.6. The molecule has 0 saturated heterocycles. The van der Waals surface area contributed by atoms with E-state index in [1.165, 1.54) is 11.8 Å². The molecule has 6 heterocycles. The van der Waals surface area contributed by atoms with Gasteiger partial charge in [0.25, 0.3) is 0 Å². The Morgan fingerprint density at radius 1 is 0.702 bits per heavy atom. The molecule has 6 aromatic heterocycles. The van der Waals surface area contributed by atoms with Crippen LogP contribution in [0.15, 0.2) is 62.0 Å². The van der Waals surface area contributed by atoms with Gasteiger partial charge in [-0.05, 0) is 87.1 Å². The summed E-state index contributed by atoms with van der Waals surface area (Å²) in [5, 5.41) is 34.0. The quantitative estimate of drug-likeness (QED) is 0.169. The summed E-state index contributed by atoms with van der Waals surface area (Å²) < 4.78 is 4.15. The van der Waals surface area contributed by atoms with E-state index in [9.17, 15) is 10.5 Å². The van der Waals surface area contributed by atoms with Crippen LogP contribution in [0, 0.1) is 39.7 Å². The molecule has 2 unspecified atom stereocenters. The molecule has 2 N–H and O–H groups in total. The maximum atomic E-state index is 10.5. The summed E-state index contributed by atoms with van der Waals surface area (Å²) in [5.41, 5.74) is 5.35. The standard InChI is InChI=1S/C34H34N12S/c35-13-29(21-1-5-25(6-2-21)45-16-23(14-43-45)30-27-9-11-37-33(27)41-19-39-30)32(47-18-36)22-3-7-26(8-4-22)46-17-24(15-44-46)31-28-10-12-38-34(28)42-20-40-31/h9-12,14-17,19-22,25-26,29,32H,1-8H2,(H,37,39,41)(H,38,40,42)/t21-,22-,25+,26+,29?,32?. The van der Waals surface area contributed by atoms with Crippen molar-refractivity contribution < 1.29 is 0 Å². The molecule has 2 aliphatic rings. The second-order valence-electron chi connectivity index (χ2n) is 12.8. The molecule has 0 aromatic carbocycles. The Hall–Kier alpha value is -5.01. The maximum Gasteiger partial charge on any atom is 0.141 e. The van der Waals surface area contributed by atoms with Gasteiger partial charge in [-0.1, -0.05) is 0 Å². The Morgan fingerprint density at radius 3 is 1.70 bits per heavy atom. The third kappa shape index (κ3) is 5.55. The first-order chi connectivity index (χ1) is 23.2. The number of nitriles is 2. The van der Waals surface area contributed by atoms with Crippen LogP contribution in [0.4, 0.5) is 0 Å². The van der Waals surface area contributed by atoms with Gasteiger partial charge in [0.2, 0.25) is 0 Å². The number of thioether (sulfide) groups is 1. The number of nitrogens with zero attached hydrogens (tertiary/aromatic N) is 10. The number of nitrogens with one attached hydrogen (secondary N) is 2. The Balaban J connectivity index is 0.902. The van der Waals surface area contributed by atoms with Gasteiger partial charge in [0.05, 0.1) is 47.9 Å². The molecule has 2 fully saturated rings. The zero-order valence-corrected chi connectivity index (χ0v) is 26.6. The fourth-order valence-electron chi connectivity index (χ4n) is 7.92. The van der Waals surface area contributed by atoms with Gasteiger partial charge < -0.3 is 9.97 Å². The highest BCUT2D eigenvalue weighted by Crippen LogP contribution is 2.46. The highest BCUT2D eigenvalue weighted by molar-refractivity contribution is 8.04. The van der Waals surface area contributed by atoms with E-state index < -0.39 is 0 Å². The molecule has 6 aromatic rings. The molecule has 13 heteroatoms. The molecule has 0 spiro atoms. The number of hydrogen-bond donors (Lipinski definition) is 2. The van der Waals surface area contributed by atoms with E-state index >= 15 is 0 Å². The van der Waals surface area contributed by atoms with Gasteiger partial charge in [-0.25, -0.2) is 19.9 Å². The molecule has 0 amide bonds. The van der Waals surface area contributed by atoms with E-state index in [4.69, 9.17) is 10.2 Å². The van der Waals surface area contributed by atoms with Gasteiger partial charge in [0.1, 0.15) is 29.4 Å². The van der Waals surface area contributed by atoms with Crippen LogP contribution in [0.5, 0.6) is 0 Å². The molecule has 0 radical (unpaired) electrons. The smallest absolute Gasteiger partial charge is 0.141 e. The summed E-state index contributed by atoms with van der Waals surface area (Å²) in [5.74, 6) is 0.473. The second kappa shape index (κ2) is 12.6. The minimum absolute atomic E-state index is 0.0152. The lowest BCUT2D eigenvalue weighted by atomic mass is 9.72. The lowest BCUT2D eigenvalue weighted by Crippen LogP contribution is -2.35. The zero-order valence-electron chi connectivity index (χ0n) is 25.8. The number of hydrogen-bond acceptors (Lipinski definition) is 9. The van der Waals surface area contributed by atoms with Crippen molar-refractivity contribution in [3.63, 3.8) is 0 Å². The predicted molar refractivity (Wildman–Crippen MR) is 178 cm³/mol. The van der Waals surface area contributed by atoms with E-state index in [0.717, 1.165) is 95.9 Å². The van der Waals surface area contributed by atoms with Crippen molar-refractivity contribution in [3.05, 3.63) is 62.0 Å². The van der Waals surface area contributed by atoms with Gasteiger partial charge in [-0.15, -0.1) is 0 Å². The topological polar surface area (TPSA) is 166 Å². The van der Waals surface area contributed by atoms with E-state index in [2.05, 4.69) is 63.1 Å². The fraction of sp³-hybridized carbons (Fsp3) is 0.412. The number of rotatable bonds is 8. The number of H-pyrrole nitrogens is 2. The van der Waals surface area contributed by atoms with Crippen molar-refractivity contribution in [1.29, 1.82) is 10.5 Å². The van der Waals surface area contributed by atoms with Crippen molar-refractivity contribution in [2.45, 2.75) is 68.7 Å². The second-order valence-corrected chi connectivity index (χ2v) is 13.8. The monoisotopic (exact) mass is 642 g/mol. The van der Waals surface area contributed by atoms with E-state index in [0.29, 0.717) is 12.0 Å². The average molecular weight is 643 g/mol. The molecule has 8 rings (SSSR count). The van der Waals surface area contributed by atoms with Gasteiger partial charge in [0.15, 0.2) is 0 Å². The van der Waals surface area contributed by atoms with Crippen molar-refractivity contribution in [2.75, 3.05) is 0 Å². The predicted octanol–water partition coefficient (Wildman–Crippen LogP) is 6.84. The minimum Gasteiger partial charge on any atom is -0.346 e. The van der Waals surface area contributed by atoms with Crippen molar-refractivity contribution in [1.82, 2.24) is 49.5 Å². The molecule has 2 aliphatic carbocycles. The third-order valence-electron chi connectivity index (χ3n) is 10.4. The van der Waals surface area contributed by atoms with Crippen LogP contribution in [0.1, 0.15) is 63.5 Å². The van der Waals surface area contributed by atoms with Crippen LogP contribution >= 0.6 is 11.8 Å². The van der Waals surface area contributed by atoms with Crippen LogP contribution in [-0.2, 0) is 0 Å². The Kier molecular flexibility index (Phi) is 7.91. The summed E-state index contributed by atoms with van der Waals surface area (Å²) in [6, 6.07) is 7.25. The molecule has 0 bridgehead atoms. The van der Waals surface area contributed by atoms with E-state index in [1.807, 2.05) is 36.9 Å². The maximum absolute atomic E-state index is 10.5. The van der Waals surface area contributed by atoms with Crippen LogP contribution in [-0.4, -0.2) is 54.7 Å². The van der Waals surface area contributed by atoms with E-state index in [1.54, 1.807) is 12.7 Å². The summed E-state index contributed by atoms with van der Waals surface area (Å²) in [7, 11) is 0. The first-order valence-corrected chi connectivity index (χ1v) is 17.2. The van der Waals surface area contributed by atoms with Gasteiger partial charge in [0, 0.05) is 51.9 Å². The van der Waals surface area contributed by atoms with Crippen molar-refractivity contribution >= 4 is 33.8 Å². The molecule has 47 heavy (non-hydrogen) atoms. The van der Waals surface area contributed by atoms with Crippen molar-refractivity contribution in [2.24, 2.45) is 17.8 Å². The highest BCUT2D eigenvalue weighted by Gasteiger charge is 2.39. The first kappa shape index (κ1) is 29.4. The van der Waals surface area contributed by atoms with Crippen LogP contribution < -0.4 is 0 Å². The lowest BCUT2D eigenvalue weighted by molar-refractivity contribution is 0.186. The first-order valence-electron chi connectivity index (χ1n) is 16.3. The molecule has 12 nitrogen and oxygen atoms in total. The van der Waals surface area contributed by atoms with E-state index in [-0.39, 0.29) is 23.1 Å². The molecular weight excluding hydrogens is 609 g/mol. The number of fused-ring (bicyclic) bond motifs is 2. The fourth-order valence-corrected chi connectivity index (χ4v) is 8.93. The van der Waals surface area contributed by atoms with Crippen LogP contribution in [0.25, 0.3) is 44.6 Å². The molecule has 0 aliphatic heterocycles. The van der Waals surface area contributed by atoms with Crippen LogP contribution in [0.3, 0.4) is 0 Å². The van der Waals surface area contributed by atoms with Gasteiger partial charge in [-0.3, -0.25) is 9.36 Å². The Bertz CT molecular complexity index is 2080. The summed E-state index contributed by atoms with van der Waals surface area (Å²) >= 11 is 1.32.